The first-order chi connectivity index (χ1) is 16.8. The summed E-state index contributed by atoms with van der Waals surface area (Å²) in [5.41, 5.74) is 1.78. The van der Waals surface area contributed by atoms with Crippen LogP contribution in [0.5, 0.6) is 11.6 Å². The summed E-state index contributed by atoms with van der Waals surface area (Å²) in [6, 6.07) is 9.76. The standard InChI is InChI=1S/C29H38FNO4.H2S/c1-18(2)11-23-12-21(26-14-28(34-3)31-16-27(26)30)9-10-22(23)17-35-24-6-4-5-20(13-24)25(15-29(32)33)19-7-8-19;/h4-6,13-14,16,18-19,21-23,25H,7-12,15,17H2,1-3H3,(H,32,33);1H2/t21?,22?,23?,25-;/m0./s1. The number of carboxylic acids is 1. The highest BCUT2D eigenvalue weighted by atomic mass is 32.1. The van der Waals surface area contributed by atoms with Crippen LogP contribution in [0.4, 0.5) is 4.39 Å². The van der Waals surface area contributed by atoms with E-state index in [0.29, 0.717) is 41.7 Å². The molecular formula is C29H40FNO4S. The Bertz CT molecular complexity index is 1010. The topological polar surface area (TPSA) is 68.7 Å². The fraction of sp³-hybridized carbons (Fsp3) is 0.586. The summed E-state index contributed by atoms with van der Waals surface area (Å²) >= 11 is 0. The molecular weight excluding hydrogens is 477 g/mol. The van der Waals surface area contributed by atoms with E-state index in [9.17, 15) is 14.3 Å². The molecule has 1 heterocycles. The average Bonchev–Trinajstić information content (AvgIpc) is 3.67. The molecule has 2 aromatic rings. The number of ether oxygens (including phenoxy) is 2. The lowest BCUT2D eigenvalue weighted by atomic mass is 9.69. The van der Waals surface area contributed by atoms with E-state index < -0.39 is 5.97 Å². The fourth-order valence-corrected chi connectivity index (χ4v) is 5.86. The number of pyridine rings is 1. The van der Waals surface area contributed by atoms with Gasteiger partial charge in [0.15, 0.2) is 0 Å². The molecule has 198 valence electrons. The summed E-state index contributed by atoms with van der Waals surface area (Å²) in [5, 5.41) is 9.35. The molecule has 3 unspecified atom stereocenters. The molecule has 7 heteroatoms. The third-order valence-corrected chi connectivity index (χ3v) is 7.76. The number of hydrogen-bond donors (Lipinski definition) is 1. The number of nitrogens with zero attached hydrogens (tertiary/aromatic N) is 1. The summed E-state index contributed by atoms with van der Waals surface area (Å²) in [5.74, 6) is 2.37. The number of halogens is 1. The van der Waals surface area contributed by atoms with E-state index in [1.54, 1.807) is 13.2 Å². The maximum Gasteiger partial charge on any atom is 0.303 e. The molecule has 4 rings (SSSR count). The van der Waals surface area contributed by atoms with Crippen LogP contribution in [-0.2, 0) is 4.79 Å². The molecule has 0 radical (unpaired) electrons. The van der Waals surface area contributed by atoms with E-state index in [4.69, 9.17) is 9.47 Å². The minimum absolute atomic E-state index is 0. The van der Waals surface area contributed by atoms with Crippen molar-refractivity contribution >= 4 is 19.5 Å². The Morgan fingerprint density at radius 3 is 2.61 bits per heavy atom. The fourth-order valence-electron chi connectivity index (χ4n) is 5.86. The van der Waals surface area contributed by atoms with Crippen LogP contribution in [0.25, 0.3) is 0 Å². The molecule has 4 atom stereocenters. The average molecular weight is 518 g/mol. The van der Waals surface area contributed by atoms with Gasteiger partial charge in [0.2, 0.25) is 5.88 Å². The van der Waals surface area contributed by atoms with Gasteiger partial charge in [-0.3, -0.25) is 4.79 Å². The van der Waals surface area contributed by atoms with Gasteiger partial charge in [0.25, 0.3) is 0 Å². The zero-order chi connectivity index (χ0) is 24.9. The highest BCUT2D eigenvalue weighted by Crippen LogP contribution is 2.46. The van der Waals surface area contributed by atoms with E-state index >= 15 is 0 Å². The van der Waals surface area contributed by atoms with Crippen LogP contribution in [0.3, 0.4) is 0 Å². The quantitative estimate of drug-likeness (QED) is 0.350. The summed E-state index contributed by atoms with van der Waals surface area (Å²) < 4.78 is 26.1. The number of methoxy groups -OCH3 is 1. The van der Waals surface area contributed by atoms with Crippen molar-refractivity contribution in [2.45, 2.75) is 70.6 Å². The number of hydrogen-bond acceptors (Lipinski definition) is 4. The minimum atomic E-state index is -0.746. The van der Waals surface area contributed by atoms with Crippen LogP contribution in [0, 0.1) is 29.5 Å². The second-order valence-electron chi connectivity index (χ2n) is 10.8. The van der Waals surface area contributed by atoms with E-state index in [-0.39, 0.29) is 37.6 Å². The molecule has 0 amide bonds. The predicted molar refractivity (Wildman–Crippen MR) is 144 cm³/mol. The lowest BCUT2D eigenvalue weighted by Crippen LogP contribution is -2.30. The van der Waals surface area contributed by atoms with Crippen molar-refractivity contribution in [2.24, 2.45) is 23.7 Å². The monoisotopic (exact) mass is 517 g/mol. The molecule has 36 heavy (non-hydrogen) atoms. The number of benzene rings is 1. The molecule has 2 fully saturated rings. The van der Waals surface area contributed by atoms with Crippen LogP contribution in [0.2, 0.25) is 0 Å². The van der Waals surface area contributed by atoms with Crippen molar-refractivity contribution in [3.63, 3.8) is 0 Å². The van der Waals surface area contributed by atoms with Crippen molar-refractivity contribution in [1.82, 2.24) is 4.98 Å². The van der Waals surface area contributed by atoms with Gasteiger partial charge in [-0.15, -0.1) is 0 Å². The Hall–Kier alpha value is -2.28. The molecule has 0 bridgehead atoms. The number of carbonyl (C=O) groups is 1. The predicted octanol–water partition coefficient (Wildman–Crippen LogP) is 6.94. The van der Waals surface area contributed by atoms with Crippen molar-refractivity contribution in [3.05, 3.63) is 53.5 Å². The van der Waals surface area contributed by atoms with E-state index in [1.807, 2.05) is 24.3 Å². The molecule has 2 aliphatic rings. The Labute approximate surface area is 221 Å². The lowest BCUT2D eigenvalue weighted by Gasteiger charge is -2.37. The second-order valence-corrected chi connectivity index (χ2v) is 10.8. The van der Waals surface area contributed by atoms with Gasteiger partial charge in [-0.05, 0) is 97.3 Å². The van der Waals surface area contributed by atoms with Gasteiger partial charge in [-0.25, -0.2) is 9.37 Å². The first-order valence-corrected chi connectivity index (χ1v) is 13.0. The maximum atomic E-state index is 14.6. The molecule has 2 aliphatic carbocycles. The molecule has 1 aromatic heterocycles. The largest absolute Gasteiger partial charge is 0.493 e. The molecule has 2 saturated carbocycles. The Morgan fingerprint density at radius 1 is 1.17 bits per heavy atom. The zero-order valence-corrected chi connectivity index (χ0v) is 22.6. The number of carboxylic acid groups (broad SMARTS) is 1. The van der Waals surface area contributed by atoms with Crippen LogP contribution < -0.4 is 9.47 Å². The number of aromatic nitrogens is 1. The van der Waals surface area contributed by atoms with Gasteiger partial charge in [0.1, 0.15) is 11.6 Å². The molecule has 5 nitrogen and oxygen atoms in total. The van der Waals surface area contributed by atoms with Gasteiger partial charge < -0.3 is 14.6 Å². The van der Waals surface area contributed by atoms with E-state index in [2.05, 4.69) is 18.8 Å². The molecule has 1 N–H and O–H groups in total. The molecule has 0 spiro atoms. The van der Waals surface area contributed by atoms with Crippen LogP contribution in [0.1, 0.15) is 81.8 Å². The summed E-state index contributed by atoms with van der Waals surface area (Å²) in [4.78, 5) is 15.4. The Morgan fingerprint density at radius 2 is 1.94 bits per heavy atom. The molecule has 0 aliphatic heterocycles. The normalized spacial score (nSPS) is 22.5. The van der Waals surface area contributed by atoms with Crippen LogP contribution >= 0.6 is 13.5 Å². The van der Waals surface area contributed by atoms with Gasteiger partial charge in [0, 0.05) is 6.07 Å². The lowest BCUT2D eigenvalue weighted by molar-refractivity contribution is -0.137. The highest BCUT2D eigenvalue weighted by molar-refractivity contribution is 7.59. The summed E-state index contributed by atoms with van der Waals surface area (Å²) in [6.07, 6.45) is 7.55. The van der Waals surface area contributed by atoms with Gasteiger partial charge in [-0.1, -0.05) is 26.0 Å². The third kappa shape index (κ3) is 7.37. The highest BCUT2D eigenvalue weighted by Gasteiger charge is 2.35. The van der Waals surface area contributed by atoms with E-state index in [1.165, 1.54) is 6.20 Å². The first-order valence-electron chi connectivity index (χ1n) is 13.0. The number of aliphatic carboxylic acids is 1. The van der Waals surface area contributed by atoms with Crippen molar-refractivity contribution < 1.29 is 23.8 Å². The van der Waals surface area contributed by atoms with Crippen molar-refractivity contribution in [3.8, 4) is 11.6 Å². The molecule has 0 saturated heterocycles. The molecule has 1 aromatic carbocycles. The summed E-state index contributed by atoms with van der Waals surface area (Å²) in [6.45, 7) is 5.10. The first kappa shape index (κ1) is 28.3. The van der Waals surface area contributed by atoms with Crippen molar-refractivity contribution in [1.29, 1.82) is 0 Å². The smallest absolute Gasteiger partial charge is 0.303 e. The Kier molecular flexibility index (Phi) is 10.1. The minimum Gasteiger partial charge on any atom is -0.493 e. The van der Waals surface area contributed by atoms with Gasteiger partial charge in [0.05, 0.1) is 26.3 Å². The SMILES string of the molecule is COc1cc(C2CCC(COc3cccc([C@@H](CC(=O)O)C4CC4)c3)C(CC(C)C)C2)c(F)cn1.S. The van der Waals surface area contributed by atoms with Crippen molar-refractivity contribution in [2.75, 3.05) is 13.7 Å². The van der Waals surface area contributed by atoms with Gasteiger partial charge >= 0.3 is 5.97 Å². The van der Waals surface area contributed by atoms with Crippen LogP contribution in [-0.4, -0.2) is 29.8 Å². The Balaban J connectivity index is 0.00000361. The second kappa shape index (κ2) is 12.8. The summed E-state index contributed by atoms with van der Waals surface area (Å²) in [7, 11) is 1.56. The zero-order valence-electron chi connectivity index (χ0n) is 21.6. The maximum absolute atomic E-state index is 14.6. The third-order valence-electron chi connectivity index (χ3n) is 7.76. The number of rotatable bonds is 11. The van der Waals surface area contributed by atoms with Gasteiger partial charge in [-0.2, -0.15) is 13.5 Å². The van der Waals surface area contributed by atoms with Crippen LogP contribution in [0.15, 0.2) is 36.5 Å². The van der Waals surface area contributed by atoms with E-state index in [0.717, 1.165) is 49.8 Å².